The first-order chi connectivity index (χ1) is 10.8. The van der Waals surface area contributed by atoms with Gasteiger partial charge in [-0.15, -0.1) is 11.6 Å². The maximum absolute atomic E-state index is 5.95. The van der Waals surface area contributed by atoms with Crippen LogP contribution >= 0.6 is 11.6 Å². The van der Waals surface area contributed by atoms with E-state index in [1.54, 1.807) is 0 Å². The summed E-state index contributed by atoms with van der Waals surface area (Å²) in [6, 6.07) is 0. The quantitative estimate of drug-likeness (QED) is 0.192. The molecule has 0 radical (unpaired) electrons. The maximum atomic E-state index is 5.95. The predicted octanol–water partition coefficient (Wildman–Crippen LogP) is 7.03. The van der Waals surface area contributed by atoms with Crippen molar-refractivity contribution >= 4 is 11.6 Å². The normalized spacial score (nSPS) is 11.5. The predicted molar refractivity (Wildman–Crippen MR) is 103 cm³/mol. The van der Waals surface area contributed by atoms with Crippen molar-refractivity contribution in [3.63, 3.8) is 0 Å². The highest BCUT2D eigenvalue weighted by atomic mass is 35.5. The Morgan fingerprint density at radius 2 is 0.864 bits per heavy atom. The minimum Gasteiger partial charge on any atom is -0.302 e. The summed E-state index contributed by atoms with van der Waals surface area (Å²) >= 11 is 5.95. The van der Waals surface area contributed by atoms with E-state index in [1.807, 2.05) is 0 Å². The Balaban J connectivity index is 3.44. The van der Waals surface area contributed by atoms with Gasteiger partial charge >= 0.3 is 0 Å². The van der Waals surface area contributed by atoms with Crippen LogP contribution in [0.2, 0.25) is 0 Å². The highest BCUT2D eigenvalue weighted by Crippen LogP contribution is 2.10. The van der Waals surface area contributed by atoms with E-state index in [0.717, 1.165) is 12.4 Å². The summed E-state index contributed by atoms with van der Waals surface area (Å²) in [4.78, 5) is 2.59. The molecule has 0 aromatic carbocycles. The van der Waals surface area contributed by atoms with Gasteiger partial charge in [0.25, 0.3) is 0 Å². The molecule has 0 N–H and O–H groups in total. The monoisotopic (exact) mass is 331 g/mol. The molecular weight excluding hydrogens is 290 g/mol. The van der Waals surface area contributed by atoms with E-state index in [4.69, 9.17) is 11.6 Å². The van der Waals surface area contributed by atoms with Crippen LogP contribution in [0.25, 0.3) is 0 Å². The van der Waals surface area contributed by atoms with Crippen molar-refractivity contribution in [2.75, 3.05) is 25.5 Å². The molecular formula is C20H42ClN. The molecule has 0 aromatic rings. The number of hydrogen-bond acceptors (Lipinski definition) is 1. The van der Waals surface area contributed by atoms with Crippen LogP contribution < -0.4 is 0 Å². The van der Waals surface area contributed by atoms with E-state index < -0.39 is 0 Å². The molecule has 0 aliphatic carbocycles. The Morgan fingerprint density at radius 1 is 0.500 bits per heavy atom. The third kappa shape index (κ3) is 16.6. The molecule has 134 valence electrons. The Labute approximate surface area is 146 Å². The van der Waals surface area contributed by atoms with Crippen molar-refractivity contribution in [3.8, 4) is 0 Å². The molecule has 2 heteroatoms. The molecule has 1 nitrogen and oxygen atoms in total. The first-order valence-electron chi connectivity index (χ1n) is 10.1. The fourth-order valence-electron chi connectivity index (χ4n) is 3.04. The highest BCUT2D eigenvalue weighted by Gasteiger charge is 2.03. The van der Waals surface area contributed by atoms with Gasteiger partial charge in [0.15, 0.2) is 0 Å². The molecule has 0 aromatic heterocycles. The van der Waals surface area contributed by atoms with E-state index in [0.29, 0.717) is 0 Å². The Morgan fingerprint density at radius 3 is 1.23 bits per heavy atom. The van der Waals surface area contributed by atoms with Gasteiger partial charge < -0.3 is 4.90 Å². The first kappa shape index (κ1) is 22.2. The number of nitrogens with zero attached hydrogens (tertiary/aromatic N) is 1. The smallest absolute Gasteiger partial charge is 0.0351 e. The van der Waals surface area contributed by atoms with Gasteiger partial charge in [0.05, 0.1) is 0 Å². The Hall–Kier alpha value is 0.250. The molecule has 0 atom stereocenters. The molecule has 0 bridgehead atoms. The first-order valence-corrected chi connectivity index (χ1v) is 10.7. The number of hydrogen-bond donors (Lipinski definition) is 0. The van der Waals surface area contributed by atoms with Crippen molar-refractivity contribution in [1.82, 2.24) is 4.90 Å². The summed E-state index contributed by atoms with van der Waals surface area (Å²) in [7, 11) is 0. The topological polar surface area (TPSA) is 3.24 Å². The summed E-state index contributed by atoms with van der Waals surface area (Å²) < 4.78 is 0. The van der Waals surface area contributed by atoms with Crippen molar-refractivity contribution in [3.05, 3.63) is 0 Å². The minimum absolute atomic E-state index is 0.785. The van der Waals surface area contributed by atoms with E-state index in [9.17, 15) is 0 Å². The molecule has 0 saturated carbocycles. The van der Waals surface area contributed by atoms with Crippen molar-refractivity contribution in [2.24, 2.45) is 0 Å². The average Bonchev–Trinajstić information content (AvgIpc) is 2.53. The van der Waals surface area contributed by atoms with Crippen LogP contribution in [0.3, 0.4) is 0 Å². The molecule has 0 spiro atoms. The summed E-state index contributed by atoms with van der Waals surface area (Å²) in [5.41, 5.74) is 0. The Bertz CT molecular complexity index is 178. The third-order valence-electron chi connectivity index (χ3n) is 4.56. The van der Waals surface area contributed by atoms with Crippen LogP contribution in [0.4, 0.5) is 0 Å². The van der Waals surface area contributed by atoms with Crippen molar-refractivity contribution in [2.45, 2.75) is 104 Å². The van der Waals surface area contributed by atoms with Crippen LogP contribution in [0.15, 0.2) is 0 Å². The van der Waals surface area contributed by atoms with Crippen LogP contribution in [0.1, 0.15) is 104 Å². The van der Waals surface area contributed by atoms with Gasteiger partial charge in [0.1, 0.15) is 0 Å². The molecule has 0 aliphatic heterocycles. The van der Waals surface area contributed by atoms with E-state index in [-0.39, 0.29) is 0 Å². The lowest BCUT2D eigenvalue weighted by atomic mass is 10.1. The number of unbranched alkanes of at least 4 members (excludes halogenated alkanes) is 12. The van der Waals surface area contributed by atoms with Gasteiger partial charge in [0.2, 0.25) is 0 Å². The van der Waals surface area contributed by atoms with Crippen molar-refractivity contribution in [1.29, 1.82) is 0 Å². The number of alkyl halides is 1. The van der Waals surface area contributed by atoms with Crippen LogP contribution in [-0.4, -0.2) is 30.4 Å². The van der Waals surface area contributed by atoms with E-state index >= 15 is 0 Å². The van der Waals surface area contributed by atoms with Gasteiger partial charge in [-0.05, 0) is 25.9 Å². The summed E-state index contributed by atoms with van der Waals surface area (Å²) in [5.74, 6) is 0.785. The van der Waals surface area contributed by atoms with Gasteiger partial charge in [-0.25, -0.2) is 0 Å². The van der Waals surface area contributed by atoms with Gasteiger partial charge in [-0.2, -0.15) is 0 Å². The zero-order chi connectivity index (χ0) is 16.3. The number of rotatable bonds is 18. The largest absolute Gasteiger partial charge is 0.302 e. The van der Waals surface area contributed by atoms with Gasteiger partial charge in [-0.3, -0.25) is 0 Å². The van der Waals surface area contributed by atoms with Crippen LogP contribution in [0.5, 0.6) is 0 Å². The third-order valence-corrected chi connectivity index (χ3v) is 4.73. The zero-order valence-electron chi connectivity index (χ0n) is 15.6. The average molecular weight is 332 g/mol. The SMILES string of the molecule is CCCCCCCCCN(CCCl)CCCCCCCCC. The fraction of sp³-hybridized carbons (Fsp3) is 1.00. The molecule has 0 saturated heterocycles. The highest BCUT2D eigenvalue weighted by molar-refractivity contribution is 6.18. The standard InChI is InChI=1S/C20H42ClN/c1-3-5-7-9-11-13-15-18-22(20-17-21)19-16-14-12-10-8-6-4-2/h3-20H2,1-2H3. The fourth-order valence-corrected chi connectivity index (χ4v) is 3.28. The molecule has 0 heterocycles. The number of halogens is 1. The van der Waals surface area contributed by atoms with Gasteiger partial charge in [0, 0.05) is 12.4 Å². The molecule has 0 fully saturated rings. The lowest BCUT2D eigenvalue weighted by Gasteiger charge is -2.21. The minimum atomic E-state index is 0.785. The summed E-state index contributed by atoms with van der Waals surface area (Å²) in [5, 5.41) is 0. The molecule has 0 unspecified atom stereocenters. The second-order valence-electron chi connectivity index (χ2n) is 6.77. The molecule has 0 rings (SSSR count). The Kier molecular flexibility index (Phi) is 19.5. The second-order valence-corrected chi connectivity index (χ2v) is 7.15. The second kappa shape index (κ2) is 19.3. The van der Waals surface area contributed by atoms with Crippen LogP contribution in [-0.2, 0) is 0 Å². The maximum Gasteiger partial charge on any atom is 0.0351 e. The van der Waals surface area contributed by atoms with E-state index in [1.165, 1.54) is 103 Å². The van der Waals surface area contributed by atoms with Crippen LogP contribution in [0, 0.1) is 0 Å². The van der Waals surface area contributed by atoms with Gasteiger partial charge in [-0.1, -0.05) is 90.9 Å². The molecule has 22 heavy (non-hydrogen) atoms. The molecule has 0 amide bonds. The summed E-state index contributed by atoms with van der Waals surface area (Å²) in [6.07, 6.45) is 19.6. The zero-order valence-corrected chi connectivity index (χ0v) is 16.3. The lowest BCUT2D eigenvalue weighted by Crippen LogP contribution is -2.28. The lowest BCUT2D eigenvalue weighted by molar-refractivity contribution is 0.274. The van der Waals surface area contributed by atoms with E-state index in [2.05, 4.69) is 18.7 Å². The van der Waals surface area contributed by atoms with Crippen molar-refractivity contribution < 1.29 is 0 Å². The summed E-state index contributed by atoms with van der Waals surface area (Å²) in [6.45, 7) is 8.17. The molecule has 0 aliphatic rings.